The number of rotatable bonds is 3. The van der Waals surface area contributed by atoms with Gasteiger partial charge in [0.15, 0.2) is 0 Å². The SMILES string of the molecule is Cc1nn(C)cc1-c1ccc(NC2C[C@H]3CNC[C@H]3C2)nc1. The van der Waals surface area contributed by atoms with E-state index in [1.54, 1.807) is 0 Å². The molecule has 2 aromatic heterocycles. The van der Waals surface area contributed by atoms with Gasteiger partial charge in [-0.05, 0) is 56.8 Å². The van der Waals surface area contributed by atoms with Crippen molar-refractivity contribution in [1.29, 1.82) is 0 Å². The third kappa shape index (κ3) is 2.50. The Bertz CT molecular complexity index is 648. The average molecular weight is 297 g/mol. The monoisotopic (exact) mass is 297 g/mol. The van der Waals surface area contributed by atoms with Gasteiger partial charge in [-0.2, -0.15) is 5.10 Å². The van der Waals surface area contributed by atoms with Gasteiger partial charge in [-0.15, -0.1) is 0 Å². The number of hydrogen-bond acceptors (Lipinski definition) is 4. The summed E-state index contributed by atoms with van der Waals surface area (Å²) in [6.07, 6.45) is 6.53. The van der Waals surface area contributed by atoms with Crippen molar-refractivity contribution in [1.82, 2.24) is 20.1 Å². The Balaban J connectivity index is 1.45. The van der Waals surface area contributed by atoms with Crippen molar-refractivity contribution in [3.8, 4) is 11.1 Å². The molecular weight excluding hydrogens is 274 g/mol. The molecular formula is C17H23N5. The second-order valence-electron chi connectivity index (χ2n) is 6.73. The number of aryl methyl sites for hydroxylation is 2. The first kappa shape index (κ1) is 13.8. The zero-order valence-electron chi connectivity index (χ0n) is 13.2. The highest BCUT2D eigenvalue weighted by Gasteiger charge is 2.37. The molecule has 2 aromatic rings. The minimum atomic E-state index is 0.579. The quantitative estimate of drug-likeness (QED) is 0.912. The lowest BCUT2D eigenvalue weighted by molar-refractivity contribution is 0.494. The normalized spacial score (nSPS) is 27.1. The zero-order valence-corrected chi connectivity index (χ0v) is 13.2. The number of fused-ring (bicyclic) bond motifs is 1. The molecule has 0 amide bonds. The van der Waals surface area contributed by atoms with Crippen LogP contribution < -0.4 is 10.6 Å². The highest BCUT2D eigenvalue weighted by atomic mass is 15.2. The number of pyridine rings is 1. The van der Waals surface area contributed by atoms with Crippen LogP contribution in [0.25, 0.3) is 11.1 Å². The standard InChI is InChI=1S/C17H23N5/c1-11-16(10-22(2)21-11)12-3-4-17(19-9-12)20-15-5-13-7-18-8-14(13)6-15/h3-4,9-10,13-15,18H,5-8H2,1-2H3,(H,19,20)/t13-,14+,15?. The molecule has 5 heteroatoms. The fourth-order valence-electron chi connectivity index (χ4n) is 4.01. The molecule has 1 saturated heterocycles. The number of hydrogen-bond donors (Lipinski definition) is 2. The molecule has 5 nitrogen and oxygen atoms in total. The predicted molar refractivity (Wildman–Crippen MR) is 87.7 cm³/mol. The number of nitrogens with zero attached hydrogens (tertiary/aromatic N) is 3. The smallest absolute Gasteiger partial charge is 0.126 e. The second-order valence-corrected chi connectivity index (χ2v) is 6.73. The molecule has 116 valence electrons. The van der Waals surface area contributed by atoms with Crippen molar-refractivity contribution in [2.75, 3.05) is 18.4 Å². The Labute approximate surface area is 131 Å². The van der Waals surface area contributed by atoms with E-state index in [0.717, 1.165) is 34.5 Å². The van der Waals surface area contributed by atoms with Crippen molar-refractivity contribution in [2.45, 2.75) is 25.8 Å². The molecule has 2 fully saturated rings. The van der Waals surface area contributed by atoms with Gasteiger partial charge in [-0.3, -0.25) is 4.68 Å². The lowest BCUT2D eigenvalue weighted by atomic mass is 10.0. The summed E-state index contributed by atoms with van der Waals surface area (Å²) in [4.78, 5) is 4.60. The number of anilines is 1. The van der Waals surface area contributed by atoms with Gasteiger partial charge in [0, 0.05) is 36.6 Å². The molecule has 2 aliphatic rings. The summed E-state index contributed by atoms with van der Waals surface area (Å²) >= 11 is 0. The van der Waals surface area contributed by atoms with Gasteiger partial charge < -0.3 is 10.6 Å². The van der Waals surface area contributed by atoms with Gasteiger partial charge in [-0.1, -0.05) is 0 Å². The minimum Gasteiger partial charge on any atom is -0.367 e. The van der Waals surface area contributed by atoms with E-state index in [2.05, 4.69) is 32.8 Å². The van der Waals surface area contributed by atoms with Crippen molar-refractivity contribution in [2.24, 2.45) is 18.9 Å². The van der Waals surface area contributed by atoms with E-state index in [1.807, 2.05) is 31.0 Å². The maximum Gasteiger partial charge on any atom is 0.126 e. The molecule has 0 bridgehead atoms. The van der Waals surface area contributed by atoms with Crippen LogP contribution in [0.5, 0.6) is 0 Å². The molecule has 0 radical (unpaired) electrons. The predicted octanol–water partition coefficient (Wildman–Crippen LogP) is 2.20. The van der Waals surface area contributed by atoms with E-state index < -0.39 is 0 Å². The summed E-state index contributed by atoms with van der Waals surface area (Å²) in [5.41, 5.74) is 3.33. The van der Waals surface area contributed by atoms with Gasteiger partial charge >= 0.3 is 0 Å². The molecule has 1 aliphatic heterocycles. The topological polar surface area (TPSA) is 54.8 Å². The van der Waals surface area contributed by atoms with Crippen molar-refractivity contribution < 1.29 is 0 Å². The average Bonchev–Trinajstić information content (AvgIpc) is 3.15. The van der Waals surface area contributed by atoms with Crippen LogP contribution >= 0.6 is 0 Å². The molecule has 4 rings (SSSR count). The molecule has 2 N–H and O–H groups in total. The number of aromatic nitrogens is 3. The van der Waals surface area contributed by atoms with Crippen LogP contribution in [0.3, 0.4) is 0 Å². The number of nitrogens with one attached hydrogen (secondary N) is 2. The molecule has 0 spiro atoms. The largest absolute Gasteiger partial charge is 0.367 e. The van der Waals surface area contributed by atoms with Crippen molar-refractivity contribution in [3.05, 3.63) is 30.2 Å². The highest BCUT2D eigenvalue weighted by molar-refractivity contribution is 5.65. The van der Waals surface area contributed by atoms with Crippen LogP contribution in [0.2, 0.25) is 0 Å². The molecule has 0 aromatic carbocycles. The molecule has 22 heavy (non-hydrogen) atoms. The summed E-state index contributed by atoms with van der Waals surface area (Å²) in [5, 5.41) is 11.5. The maximum absolute atomic E-state index is 4.60. The fourth-order valence-corrected chi connectivity index (χ4v) is 4.01. The lowest BCUT2D eigenvalue weighted by Gasteiger charge is -2.14. The summed E-state index contributed by atoms with van der Waals surface area (Å²) in [7, 11) is 1.95. The Morgan fingerprint density at radius 3 is 2.59 bits per heavy atom. The third-order valence-corrected chi connectivity index (χ3v) is 5.09. The third-order valence-electron chi connectivity index (χ3n) is 5.09. The van der Waals surface area contributed by atoms with Crippen LogP contribution in [-0.2, 0) is 7.05 Å². The first-order valence-corrected chi connectivity index (χ1v) is 8.13. The van der Waals surface area contributed by atoms with E-state index in [4.69, 9.17) is 0 Å². The van der Waals surface area contributed by atoms with Crippen LogP contribution in [0, 0.1) is 18.8 Å². The van der Waals surface area contributed by atoms with Crippen molar-refractivity contribution in [3.63, 3.8) is 0 Å². The second kappa shape index (κ2) is 5.39. The summed E-state index contributed by atoms with van der Waals surface area (Å²) in [6, 6.07) is 4.81. The van der Waals surface area contributed by atoms with E-state index in [9.17, 15) is 0 Å². The summed E-state index contributed by atoms with van der Waals surface area (Å²) in [6.45, 7) is 4.41. The van der Waals surface area contributed by atoms with Crippen LogP contribution in [0.4, 0.5) is 5.82 Å². The Morgan fingerprint density at radius 1 is 1.23 bits per heavy atom. The van der Waals surface area contributed by atoms with Crippen LogP contribution in [0.1, 0.15) is 18.5 Å². The van der Waals surface area contributed by atoms with E-state index in [0.29, 0.717) is 6.04 Å². The highest BCUT2D eigenvalue weighted by Crippen LogP contribution is 2.35. The first-order valence-electron chi connectivity index (χ1n) is 8.13. The van der Waals surface area contributed by atoms with E-state index >= 15 is 0 Å². The minimum absolute atomic E-state index is 0.579. The lowest BCUT2D eigenvalue weighted by Crippen LogP contribution is -2.20. The Hall–Kier alpha value is -1.88. The Kier molecular flexibility index (Phi) is 3.37. The molecule has 3 atom stereocenters. The summed E-state index contributed by atoms with van der Waals surface area (Å²) in [5.74, 6) is 2.70. The molecule has 1 aliphatic carbocycles. The van der Waals surface area contributed by atoms with Gasteiger partial charge in [0.1, 0.15) is 5.82 Å². The van der Waals surface area contributed by atoms with Gasteiger partial charge in [-0.25, -0.2) is 4.98 Å². The maximum atomic E-state index is 4.60. The van der Waals surface area contributed by atoms with E-state index in [-0.39, 0.29) is 0 Å². The molecule has 1 unspecified atom stereocenters. The van der Waals surface area contributed by atoms with Gasteiger partial charge in [0.25, 0.3) is 0 Å². The fraction of sp³-hybridized carbons (Fsp3) is 0.529. The van der Waals surface area contributed by atoms with Crippen molar-refractivity contribution >= 4 is 5.82 Å². The molecule has 1 saturated carbocycles. The van der Waals surface area contributed by atoms with Crippen LogP contribution in [-0.4, -0.2) is 33.9 Å². The summed E-state index contributed by atoms with van der Waals surface area (Å²) < 4.78 is 1.85. The van der Waals surface area contributed by atoms with Gasteiger partial charge in [0.05, 0.1) is 5.69 Å². The zero-order chi connectivity index (χ0) is 15.1. The molecule has 3 heterocycles. The first-order chi connectivity index (χ1) is 10.7. The van der Waals surface area contributed by atoms with E-state index in [1.165, 1.54) is 25.9 Å². The van der Waals surface area contributed by atoms with Gasteiger partial charge in [0.2, 0.25) is 0 Å². The van der Waals surface area contributed by atoms with Crippen LogP contribution in [0.15, 0.2) is 24.5 Å². The Morgan fingerprint density at radius 2 is 2.00 bits per heavy atom.